The third-order valence-electron chi connectivity index (χ3n) is 5.98. The number of aliphatic hydroxyl groups excluding tert-OH is 1. The lowest BCUT2D eigenvalue weighted by Gasteiger charge is -2.27. The van der Waals surface area contributed by atoms with E-state index in [1.165, 1.54) is 4.90 Å². The molecule has 7 heteroatoms. The Bertz CT molecular complexity index is 1350. The molecule has 1 fully saturated rings. The second-order valence-corrected chi connectivity index (χ2v) is 8.72. The highest BCUT2D eigenvalue weighted by Crippen LogP contribution is 2.44. The molecule has 0 aliphatic carbocycles. The summed E-state index contributed by atoms with van der Waals surface area (Å²) in [5, 5.41) is 11.8. The van der Waals surface area contributed by atoms with Crippen LogP contribution in [0.5, 0.6) is 11.5 Å². The molecule has 1 N–H and O–H groups in total. The molecule has 0 radical (unpaired) electrons. The van der Waals surface area contributed by atoms with Crippen LogP contribution in [0.4, 0.5) is 5.69 Å². The van der Waals surface area contributed by atoms with E-state index in [4.69, 9.17) is 21.1 Å². The van der Waals surface area contributed by atoms with Crippen molar-refractivity contribution in [1.82, 2.24) is 0 Å². The number of amides is 1. The largest absolute Gasteiger partial charge is 0.507 e. The van der Waals surface area contributed by atoms with Crippen LogP contribution in [0.3, 0.4) is 0 Å². The lowest BCUT2D eigenvalue weighted by Crippen LogP contribution is -2.30. The summed E-state index contributed by atoms with van der Waals surface area (Å²) in [7, 11) is 1.55. The van der Waals surface area contributed by atoms with Crippen molar-refractivity contribution in [3.63, 3.8) is 0 Å². The highest BCUT2D eigenvalue weighted by atomic mass is 35.5. The molecule has 0 saturated carbocycles. The van der Waals surface area contributed by atoms with Crippen LogP contribution in [0.15, 0.2) is 66.2 Å². The summed E-state index contributed by atoms with van der Waals surface area (Å²) in [6.45, 7) is 6.00. The lowest BCUT2D eigenvalue weighted by atomic mass is 9.94. The molecule has 1 amide bonds. The number of rotatable bonds is 6. The van der Waals surface area contributed by atoms with Gasteiger partial charge in [0.05, 0.1) is 30.4 Å². The molecule has 180 valence electrons. The van der Waals surface area contributed by atoms with Gasteiger partial charge in [-0.05, 0) is 73.9 Å². The first-order chi connectivity index (χ1) is 16.8. The van der Waals surface area contributed by atoms with Gasteiger partial charge < -0.3 is 14.6 Å². The van der Waals surface area contributed by atoms with Gasteiger partial charge in [-0.1, -0.05) is 35.9 Å². The summed E-state index contributed by atoms with van der Waals surface area (Å²) in [6, 6.07) is 16.7. The highest BCUT2D eigenvalue weighted by Gasteiger charge is 2.47. The van der Waals surface area contributed by atoms with E-state index in [-0.39, 0.29) is 11.3 Å². The summed E-state index contributed by atoms with van der Waals surface area (Å²) in [4.78, 5) is 28.3. The number of anilines is 1. The standard InChI is InChI=1S/C28H26ClNO5/c1-5-35-23-15-19(11-12-21(23)29)26(31)24-25(18-7-6-8-20(14-18)34-4)30(28(33)27(24)32)22-13-16(2)9-10-17(22)3/h6-15,25,31H,5H2,1-4H3/b26-24-. The molecule has 4 rings (SSSR count). The maximum Gasteiger partial charge on any atom is 0.300 e. The minimum absolute atomic E-state index is 0.0195. The van der Waals surface area contributed by atoms with Crippen LogP contribution in [0, 0.1) is 13.8 Å². The van der Waals surface area contributed by atoms with Crippen LogP contribution in [-0.4, -0.2) is 30.5 Å². The van der Waals surface area contributed by atoms with Gasteiger partial charge in [-0.2, -0.15) is 0 Å². The zero-order valence-corrected chi connectivity index (χ0v) is 20.7. The third kappa shape index (κ3) is 4.49. The topological polar surface area (TPSA) is 76.1 Å². The Labute approximate surface area is 209 Å². The number of carbonyl (C=O) groups is 2. The number of benzene rings is 3. The first-order valence-corrected chi connectivity index (χ1v) is 11.6. The van der Waals surface area contributed by atoms with E-state index in [9.17, 15) is 14.7 Å². The SMILES string of the molecule is CCOc1cc(/C(O)=C2/C(=O)C(=O)N(c3cc(C)ccc3C)C2c2cccc(OC)c2)ccc1Cl. The van der Waals surface area contributed by atoms with Gasteiger partial charge >= 0.3 is 0 Å². The quantitative estimate of drug-likeness (QED) is 0.260. The van der Waals surface area contributed by atoms with Crippen molar-refractivity contribution < 1.29 is 24.2 Å². The molecule has 0 spiro atoms. The Balaban J connectivity index is 1.98. The number of methoxy groups -OCH3 is 1. The van der Waals surface area contributed by atoms with Gasteiger partial charge in [0, 0.05) is 11.3 Å². The fourth-order valence-corrected chi connectivity index (χ4v) is 4.43. The fraction of sp³-hybridized carbons (Fsp3) is 0.214. The number of ether oxygens (including phenoxy) is 2. The van der Waals surface area contributed by atoms with Gasteiger partial charge in [0.25, 0.3) is 11.7 Å². The van der Waals surface area contributed by atoms with E-state index in [1.54, 1.807) is 49.6 Å². The lowest BCUT2D eigenvalue weighted by molar-refractivity contribution is -0.132. The zero-order valence-electron chi connectivity index (χ0n) is 20.0. The molecule has 0 bridgehead atoms. The number of halogens is 1. The molecular weight excluding hydrogens is 466 g/mol. The van der Waals surface area contributed by atoms with Crippen LogP contribution in [0.1, 0.15) is 35.2 Å². The maximum absolute atomic E-state index is 13.4. The molecule has 1 atom stereocenters. The number of ketones is 1. The van der Waals surface area contributed by atoms with Crippen molar-refractivity contribution in [2.75, 3.05) is 18.6 Å². The monoisotopic (exact) mass is 491 g/mol. The van der Waals surface area contributed by atoms with Gasteiger partial charge in [0.1, 0.15) is 17.3 Å². The Morgan fingerprint density at radius 3 is 2.54 bits per heavy atom. The van der Waals surface area contributed by atoms with Gasteiger partial charge in [-0.3, -0.25) is 14.5 Å². The van der Waals surface area contributed by atoms with Crippen LogP contribution in [-0.2, 0) is 9.59 Å². The smallest absolute Gasteiger partial charge is 0.300 e. The summed E-state index contributed by atoms with van der Waals surface area (Å²) in [5.41, 5.74) is 3.31. The van der Waals surface area contributed by atoms with E-state index in [0.717, 1.165) is 11.1 Å². The van der Waals surface area contributed by atoms with Crippen LogP contribution in [0.2, 0.25) is 5.02 Å². The molecule has 3 aromatic rings. The number of hydrogen-bond donors (Lipinski definition) is 1. The van der Waals surface area contributed by atoms with Gasteiger partial charge in [-0.15, -0.1) is 0 Å². The van der Waals surface area contributed by atoms with Crippen molar-refractivity contribution >= 4 is 34.7 Å². The van der Waals surface area contributed by atoms with E-state index in [0.29, 0.717) is 39.9 Å². The molecule has 1 aliphatic rings. The van der Waals surface area contributed by atoms with Crippen LogP contribution < -0.4 is 14.4 Å². The Morgan fingerprint density at radius 2 is 1.83 bits per heavy atom. The second kappa shape index (κ2) is 9.84. The zero-order chi connectivity index (χ0) is 25.3. The van der Waals surface area contributed by atoms with E-state index >= 15 is 0 Å². The molecule has 1 unspecified atom stereocenters. The molecule has 0 aromatic heterocycles. The maximum atomic E-state index is 13.4. The third-order valence-corrected chi connectivity index (χ3v) is 6.29. The number of hydrogen-bond acceptors (Lipinski definition) is 5. The normalized spacial score (nSPS) is 17.1. The minimum atomic E-state index is -0.864. The van der Waals surface area contributed by atoms with E-state index in [2.05, 4.69) is 0 Å². The van der Waals surface area contributed by atoms with Crippen molar-refractivity contribution in [3.05, 3.63) is 93.5 Å². The first kappa shape index (κ1) is 24.4. The molecule has 6 nitrogen and oxygen atoms in total. The highest BCUT2D eigenvalue weighted by molar-refractivity contribution is 6.51. The molecule has 35 heavy (non-hydrogen) atoms. The summed E-state index contributed by atoms with van der Waals surface area (Å²) >= 11 is 6.22. The number of aryl methyl sites for hydroxylation is 2. The second-order valence-electron chi connectivity index (χ2n) is 8.31. The fourth-order valence-electron chi connectivity index (χ4n) is 4.26. The van der Waals surface area contributed by atoms with Crippen LogP contribution >= 0.6 is 11.6 Å². The van der Waals surface area contributed by atoms with E-state index < -0.39 is 17.7 Å². The summed E-state index contributed by atoms with van der Waals surface area (Å²) in [6.07, 6.45) is 0. The van der Waals surface area contributed by atoms with E-state index in [1.807, 2.05) is 39.0 Å². The number of nitrogens with zero attached hydrogens (tertiary/aromatic N) is 1. The van der Waals surface area contributed by atoms with Gasteiger partial charge in [0.15, 0.2) is 0 Å². The Kier molecular flexibility index (Phi) is 6.85. The van der Waals surface area contributed by atoms with Gasteiger partial charge in [0.2, 0.25) is 0 Å². The van der Waals surface area contributed by atoms with Crippen molar-refractivity contribution in [2.24, 2.45) is 0 Å². The first-order valence-electron chi connectivity index (χ1n) is 11.2. The number of carbonyl (C=O) groups excluding carboxylic acids is 2. The van der Waals surface area contributed by atoms with Gasteiger partial charge in [-0.25, -0.2) is 0 Å². The molecular formula is C28H26ClNO5. The predicted molar refractivity (Wildman–Crippen MR) is 136 cm³/mol. The molecule has 1 saturated heterocycles. The van der Waals surface area contributed by atoms with Crippen molar-refractivity contribution in [1.29, 1.82) is 0 Å². The molecule has 3 aromatic carbocycles. The van der Waals surface area contributed by atoms with Crippen LogP contribution in [0.25, 0.3) is 5.76 Å². The number of Topliss-reactive ketones (excluding diaryl/α,β-unsaturated/α-hetero) is 1. The molecule has 1 aliphatic heterocycles. The summed E-state index contributed by atoms with van der Waals surface area (Å²) < 4.78 is 10.9. The van der Waals surface area contributed by atoms with Crippen molar-refractivity contribution in [3.8, 4) is 11.5 Å². The predicted octanol–water partition coefficient (Wildman–Crippen LogP) is 5.99. The molecule has 1 heterocycles. The average Bonchev–Trinajstić information content (AvgIpc) is 3.12. The van der Waals surface area contributed by atoms with Crippen molar-refractivity contribution in [2.45, 2.75) is 26.8 Å². The Morgan fingerprint density at radius 1 is 1.06 bits per heavy atom. The summed E-state index contributed by atoms with van der Waals surface area (Å²) in [5.74, 6) is -0.850. The number of aliphatic hydroxyl groups is 1. The Hall–Kier alpha value is -3.77. The average molecular weight is 492 g/mol. The minimum Gasteiger partial charge on any atom is -0.507 e.